The number of carbonyl (C=O) groups is 2. The average molecular weight is 228 g/mol. The van der Waals surface area contributed by atoms with E-state index in [1.807, 2.05) is 13.1 Å². The first-order valence-electron chi connectivity index (χ1n) is 4.80. The van der Waals surface area contributed by atoms with Crippen molar-refractivity contribution in [2.75, 3.05) is 6.54 Å². The van der Waals surface area contributed by atoms with Crippen LogP contribution in [0.5, 0.6) is 0 Å². The number of hydrogen-bond acceptors (Lipinski definition) is 2. The van der Waals surface area contributed by atoms with Crippen LogP contribution in [0.2, 0.25) is 0 Å². The van der Waals surface area contributed by atoms with Crippen LogP contribution < -0.4 is 5.32 Å². The number of aliphatic carboxylic acids is 1. The van der Waals surface area contributed by atoms with Crippen LogP contribution in [-0.2, 0) is 11.3 Å². The number of nitrogens with zero attached hydrogens (tertiary/aromatic N) is 1. The summed E-state index contributed by atoms with van der Waals surface area (Å²) in [6.45, 7) is 2.81. The number of nitrogens with one attached hydrogen (secondary N) is 1. The Morgan fingerprint density at radius 1 is 1.50 bits per heavy atom. The molecule has 0 saturated heterocycles. The lowest BCUT2D eigenvalue weighted by atomic mass is 10.3. The number of carboxylic acids is 1. The quantitative estimate of drug-likeness (QED) is 0.734. The number of rotatable bonds is 5. The van der Waals surface area contributed by atoms with E-state index in [-0.39, 0.29) is 24.3 Å². The third-order valence-corrected chi connectivity index (χ3v) is 2.03. The van der Waals surface area contributed by atoms with Crippen molar-refractivity contribution in [3.8, 4) is 0 Å². The van der Waals surface area contributed by atoms with Crippen molar-refractivity contribution in [1.29, 1.82) is 0 Å². The third-order valence-electron chi connectivity index (χ3n) is 2.03. The van der Waals surface area contributed by atoms with Gasteiger partial charge in [-0.25, -0.2) is 0 Å². The summed E-state index contributed by atoms with van der Waals surface area (Å²) in [5, 5.41) is 11.0. The van der Waals surface area contributed by atoms with Crippen LogP contribution in [0, 0.1) is 0 Å². The van der Waals surface area contributed by atoms with Gasteiger partial charge in [0.1, 0.15) is 5.69 Å². The Bertz CT molecular complexity index is 359. The fourth-order valence-corrected chi connectivity index (χ4v) is 1.27. The maximum atomic E-state index is 11.5. The zero-order valence-corrected chi connectivity index (χ0v) is 9.06. The number of aromatic nitrogens is 1. The Morgan fingerprint density at radius 2 is 2.19 bits per heavy atom. The zero-order valence-electron chi connectivity index (χ0n) is 9.06. The smallest absolute Gasteiger partial charge is 0.305 e. The molecule has 0 spiro atoms. The Morgan fingerprint density at radius 3 is 2.75 bits per heavy atom. The van der Waals surface area contributed by atoms with Gasteiger partial charge in [0.15, 0.2) is 0 Å². The van der Waals surface area contributed by atoms with Crippen LogP contribution in [0.15, 0.2) is 18.3 Å². The van der Waals surface area contributed by atoms with Crippen LogP contribution in [0.25, 0.3) is 0 Å². The molecule has 0 aliphatic heterocycles. The minimum absolute atomic E-state index is 0. The van der Waals surface area contributed by atoms with Gasteiger partial charge in [-0.3, -0.25) is 9.59 Å². The summed E-state index contributed by atoms with van der Waals surface area (Å²) in [5.74, 6) is -1.15. The minimum atomic E-state index is -0.916. The van der Waals surface area contributed by atoms with E-state index in [9.17, 15) is 9.59 Å². The molecule has 1 heterocycles. The standard InChI is InChI=1S/C10H14N2O3.H2O/c1-2-12-7-3-4-8(12)10(15)11-6-5-9(13)14;/h3-4,7H,2,5-6H2,1H3,(H,11,15)(H,13,14);1H2. The molecule has 90 valence electrons. The topological polar surface area (TPSA) is 103 Å². The van der Waals surface area contributed by atoms with E-state index in [1.165, 1.54) is 0 Å². The van der Waals surface area contributed by atoms with E-state index >= 15 is 0 Å². The molecule has 1 aromatic rings. The molecular weight excluding hydrogens is 212 g/mol. The van der Waals surface area contributed by atoms with Crippen molar-refractivity contribution >= 4 is 11.9 Å². The normalized spacial score (nSPS) is 9.31. The Balaban J connectivity index is 0.00000225. The highest BCUT2D eigenvalue weighted by Gasteiger charge is 2.09. The van der Waals surface area contributed by atoms with Gasteiger partial charge in [0.05, 0.1) is 6.42 Å². The molecule has 0 aromatic carbocycles. The number of carboxylic acid groups (broad SMARTS) is 1. The molecule has 0 radical (unpaired) electrons. The molecule has 16 heavy (non-hydrogen) atoms. The minimum Gasteiger partial charge on any atom is -0.481 e. The first-order chi connectivity index (χ1) is 7.15. The van der Waals surface area contributed by atoms with Crippen molar-refractivity contribution in [3.05, 3.63) is 24.0 Å². The second kappa shape index (κ2) is 6.62. The first kappa shape index (κ1) is 14.2. The second-order valence-corrected chi connectivity index (χ2v) is 3.08. The number of carbonyl (C=O) groups excluding carboxylic acids is 1. The number of hydrogen-bond donors (Lipinski definition) is 2. The SMILES string of the molecule is CCn1cccc1C(=O)NCCC(=O)O.O. The van der Waals surface area contributed by atoms with Crippen molar-refractivity contribution in [3.63, 3.8) is 0 Å². The summed E-state index contributed by atoms with van der Waals surface area (Å²) < 4.78 is 1.80. The van der Waals surface area contributed by atoms with E-state index in [4.69, 9.17) is 5.11 Å². The van der Waals surface area contributed by atoms with Crippen LogP contribution >= 0.6 is 0 Å². The molecule has 0 bridgehead atoms. The maximum absolute atomic E-state index is 11.5. The monoisotopic (exact) mass is 228 g/mol. The van der Waals surface area contributed by atoms with Gasteiger partial charge in [0, 0.05) is 19.3 Å². The highest BCUT2D eigenvalue weighted by molar-refractivity contribution is 5.92. The van der Waals surface area contributed by atoms with Gasteiger partial charge >= 0.3 is 5.97 Å². The van der Waals surface area contributed by atoms with Crippen molar-refractivity contribution in [2.45, 2.75) is 19.9 Å². The summed E-state index contributed by atoms with van der Waals surface area (Å²) in [6, 6.07) is 3.50. The summed E-state index contributed by atoms with van der Waals surface area (Å²) in [6.07, 6.45) is 1.75. The summed E-state index contributed by atoms with van der Waals surface area (Å²) in [5.41, 5.74) is 0.558. The largest absolute Gasteiger partial charge is 0.481 e. The lowest BCUT2D eigenvalue weighted by Crippen LogP contribution is -2.27. The van der Waals surface area contributed by atoms with E-state index in [0.717, 1.165) is 0 Å². The van der Waals surface area contributed by atoms with Gasteiger partial charge in [-0.05, 0) is 19.1 Å². The van der Waals surface area contributed by atoms with Crippen molar-refractivity contribution < 1.29 is 20.2 Å². The van der Waals surface area contributed by atoms with Gasteiger partial charge in [-0.15, -0.1) is 0 Å². The van der Waals surface area contributed by atoms with Crippen LogP contribution in [-0.4, -0.2) is 33.6 Å². The summed E-state index contributed by atoms with van der Waals surface area (Å²) in [7, 11) is 0. The molecule has 6 heteroatoms. The highest BCUT2D eigenvalue weighted by atomic mass is 16.4. The van der Waals surface area contributed by atoms with Crippen LogP contribution in [0.1, 0.15) is 23.8 Å². The molecule has 0 atom stereocenters. The molecule has 1 aromatic heterocycles. The average Bonchev–Trinajstić information content (AvgIpc) is 2.64. The fourth-order valence-electron chi connectivity index (χ4n) is 1.27. The van der Waals surface area contributed by atoms with E-state index in [1.54, 1.807) is 16.7 Å². The number of amides is 1. The Hall–Kier alpha value is -1.82. The van der Waals surface area contributed by atoms with E-state index in [0.29, 0.717) is 12.2 Å². The Kier molecular flexibility index (Phi) is 5.87. The van der Waals surface area contributed by atoms with Gasteiger partial charge in [-0.1, -0.05) is 0 Å². The van der Waals surface area contributed by atoms with Gasteiger partial charge in [0.2, 0.25) is 0 Å². The zero-order chi connectivity index (χ0) is 11.3. The molecule has 0 aliphatic carbocycles. The highest BCUT2D eigenvalue weighted by Crippen LogP contribution is 2.01. The van der Waals surface area contributed by atoms with E-state index in [2.05, 4.69) is 5.32 Å². The Labute approximate surface area is 93.2 Å². The summed E-state index contributed by atoms with van der Waals surface area (Å²) in [4.78, 5) is 21.8. The maximum Gasteiger partial charge on any atom is 0.305 e. The van der Waals surface area contributed by atoms with Crippen molar-refractivity contribution in [2.24, 2.45) is 0 Å². The molecule has 1 rings (SSSR count). The first-order valence-corrected chi connectivity index (χ1v) is 4.80. The second-order valence-electron chi connectivity index (χ2n) is 3.08. The fraction of sp³-hybridized carbons (Fsp3) is 0.400. The molecular formula is C10H16N2O4. The van der Waals surface area contributed by atoms with E-state index < -0.39 is 5.97 Å². The molecule has 1 amide bonds. The van der Waals surface area contributed by atoms with Crippen molar-refractivity contribution in [1.82, 2.24) is 9.88 Å². The lowest BCUT2D eigenvalue weighted by Gasteiger charge is -2.06. The van der Waals surface area contributed by atoms with Gasteiger partial charge < -0.3 is 20.5 Å². The van der Waals surface area contributed by atoms with Gasteiger partial charge in [0.25, 0.3) is 5.91 Å². The molecule has 0 unspecified atom stereocenters. The third kappa shape index (κ3) is 3.74. The van der Waals surface area contributed by atoms with Crippen LogP contribution in [0.3, 0.4) is 0 Å². The van der Waals surface area contributed by atoms with Gasteiger partial charge in [-0.2, -0.15) is 0 Å². The molecule has 6 nitrogen and oxygen atoms in total. The predicted octanol–water partition coefficient (Wildman–Crippen LogP) is -0.112. The number of aryl methyl sites for hydroxylation is 1. The predicted molar refractivity (Wildman–Crippen MR) is 58.3 cm³/mol. The lowest BCUT2D eigenvalue weighted by molar-refractivity contribution is -0.136. The molecule has 0 fully saturated rings. The molecule has 0 aliphatic rings. The summed E-state index contributed by atoms with van der Waals surface area (Å²) >= 11 is 0. The molecule has 4 N–H and O–H groups in total. The molecule has 0 saturated carbocycles. The van der Waals surface area contributed by atoms with Crippen LogP contribution in [0.4, 0.5) is 0 Å².